The van der Waals surface area contributed by atoms with Gasteiger partial charge in [0.2, 0.25) is 0 Å². The summed E-state index contributed by atoms with van der Waals surface area (Å²) in [5.41, 5.74) is 3.09. The molecule has 0 bridgehead atoms. The van der Waals surface area contributed by atoms with Crippen molar-refractivity contribution >= 4 is 13.8 Å². The molecule has 0 spiro atoms. The second-order valence-corrected chi connectivity index (χ2v) is 18.8. The lowest BCUT2D eigenvalue weighted by Gasteiger charge is -2.62. The summed E-state index contributed by atoms with van der Waals surface area (Å²) in [5, 5.41) is 12.0. The number of benzene rings is 3. The fourth-order valence-corrected chi connectivity index (χ4v) is 12.7. The number of aliphatic hydroxyl groups excluding tert-OH is 1. The summed E-state index contributed by atoms with van der Waals surface area (Å²) < 4.78 is 38.2. The Morgan fingerprint density at radius 3 is 1.91 bits per heavy atom. The third kappa shape index (κ3) is 8.55. The standard InChI is InChI=1S/C45H59O7P/c1-32(19-22-42(47)49-29-33-13-7-4-8-14-33)38-20-21-39-43-40(24-26-45(38,39)3)44(2)25-23-37(27-36(44)28-41(43)46)52-53(48,50-30-34-15-9-5-10-16-34)51-31-35-17-11-6-12-18-35/h4-18,32,36-41,43,46H,19-31H2,1-3H3/t32-,36+,37-,38-,39+,40+,41+,43+,44+,45-/m1/s1. The van der Waals surface area contributed by atoms with Gasteiger partial charge in [0.25, 0.3) is 0 Å². The molecule has 4 saturated carbocycles. The van der Waals surface area contributed by atoms with Gasteiger partial charge in [0.05, 0.1) is 25.4 Å². The first-order valence-electron chi connectivity index (χ1n) is 20.1. The number of ether oxygens (including phenoxy) is 1. The van der Waals surface area contributed by atoms with Gasteiger partial charge in [0.1, 0.15) is 6.61 Å². The van der Waals surface area contributed by atoms with Gasteiger partial charge in [-0.1, -0.05) is 112 Å². The zero-order chi connectivity index (χ0) is 37.1. The van der Waals surface area contributed by atoms with E-state index in [0.717, 1.165) is 74.5 Å². The Kier molecular flexibility index (Phi) is 12.0. The number of rotatable bonds is 14. The van der Waals surface area contributed by atoms with E-state index < -0.39 is 7.82 Å². The summed E-state index contributed by atoms with van der Waals surface area (Å²) >= 11 is 0. The summed E-state index contributed by atoms with van der Waals surface area (Å²) in [6.45, 7) is 7.89. The van der Waals surface area contributed by atoms with E-state index in [1.807, 2.05) is 91.0 Å². The third-order valence-corrected chi connectivity index (χ3v) is 15.6. The summed E-state index contributed by atoms with van der Waals surface area (Å²) in [4.78, 5) is 12.7. The highest BCUT2D eigenvalue weighted by Crippen LogP contribution is 2.69. The van der Waals surface area contributed by atoms with Gasteiger partial charge in [-0.05, 0) is 121 Å². The normalized spacial score (nSPS) is 32.9. The van der Waals surface area contributed by atoms with Crippen LogP contribution < -0.4 is 0 Å². The first-order valence-corrected chi connectivity index (χ1v) is 21.6. The maximum Gasteiger partial charge on any atom is 0.475 e. The van der Waals surface area contributed by atoms with E-state index in [1.54, 1.807) is 0 Å². The maximum absolute atomic E-state index is 14.2. The van der Waals surface area contributed by atoms with Gasteiger partial charge >= 0.3 is 13.8 Å². The first-order chi connectivity index (χ1) is 25.6. The van der Waals surface area contributed by atoms with Crippen LogP contribution in [0.5, 0.6) is 0 Å². The minimum Gasteiger partial charge on any atom is -0.461 e. The summed E-state index contributed by atoms with van der Waals surface area (Å²) in [5.74, 6) is 2.34. The average molecular weight is 743 g/mol. The van der Waals surface area contributed by atoms with Gasteiger partial charge in [0, 0.05) is 6.42 Å². The van der Waals surface area contributed by atoms with E-state index in [9.17, 15) is 14.5 Å². The van der Waals surface area contributed by atoms with Crippen molar-refractivity contribution < 1.29 is 32.8 Å². The number of phosphoric ester groups is 1. The smallest absolute Gasteiger partial charge is 0.461 e. The van der Waals surface area contributed by atoms with Crippen molar-refractivity contribution in [1.82, 2.24) is 0 Å². The first kappa shape index (κ1) is 38.5. The van der Waals surface area contributed by atoms with Crippen LogP contribution in [0.3, 0.4) is 0 Å². The molecule has 3 aromatic carbocycles. The molecule has 0 radical (unpaired) electrons. The van der Waals surface area contributed by atoms with Gasteiger partial charge < -0.3 is 9.84 Å². The lowest BCUT2D eigenvalue weighted by Crippen LogP contribution is -2.58. The van der Waals surface area contributed by atoms with Crippen molar-refractivity contribution in [2.24, 2.45) is 46.3 Å². The van der Waals surface area contributed by atoms with Crippen LogP contribution in [0.2, 0.25) is 0 Å². The highest BCUT2D eigenvalue weighted by molar-refractivity contribution is 7.48. The van der Waals surface area contributed by atoms with Crippen LogP contribution in [0.25, 0.3) is 0 Å². The topological polar surface area (TPSA) is 91.3 Å². The Labute approximate surface area is 316 Å². The van der Waals surface area contributed by atoms with Crippen LogP contribution in [0, 0.1) is 46.3 Å². The Hall–Kier alpha value is -2.80. The molecule has 0 unspecified atom stereocenters. The molecule has 4 aliphatic rings. The average Bonchev–Trinajstić information content (AvgIpc) is 3.53. The lowest BCUT2D eigenvalue weighted by molar-refractivity contribution is -0.174. The molecule has 0 amide bonds. The molecule has 7 rings (SSSR count). The molecule has 0 aliphatic heterocycles. The molecule has 4 aliphatic carbocycles. The molecule has 53 heavy (non-hydrogen) atoms. The minimum absolute atomic E-state index is 0.0943. The van der Waals surface area contributed by atoms with Crippen molar-refractivity contribution in [3.8, 4) is 0 Å². The van der Waals surface area contributed by atoms with E-state index in [2.05, 4.69) is 20.8 Å². The highest BCUT2D eigenvalue weighted by atomic mass is 31.2. The number of phosphoric acid groups is 1. The molecule has 4 fully saturated rings. The molecule has 286 valence electrons. The molecule has 7 nitrogen and oxygen atoms in total. The van der Waals surface area contributed by atoms with Gasteiger partial charge in [-0.25, -0.2) is 4.57 Å². The monoisotopic (exact) mass is 742 g/mol. The van der Waals surface area contributed by atoms with Crippen LogP contribution in [0.4, 0.5) is 0 Å². The second-order valence-electron chi connectivity index (χ2n) is 17.2. The predicted molar refractivity (Wildman–Crippen MR) is 206 cm³/mol. The molecule has 3 aromatic rings. The van der Waals surface area contributed by atoms with Crippen LogP contribution in [0.15, 0.2) is 91.0 Å². The predicted octanol–water partition coefficient (Wildman–Crippen LogP) is 10.7. The van der Waals surface area contributed by atoms with Crippen LogP contribution in [0.1, 0.15) is 102 Å². The lowest BCUT2D eigenvalue weighted by atomic mass is 9.43. The van der Waals surface area contributed by atoms with E-state index >= 15 is 0 Å². The fraction of sp³-hybridized carbons (Fsp3) is 0.578. The van der Waals surface area contributed by atoms with E-state index in [1.165, 1.54) is 0 Å². The summed E-state index contributed by atoms with van der Waals surface area (Å²) in [6, 6.07) is 29.3. The molecule has 10 atom stereocenters. The Bertz CT molecular complexity index is 1640. The summed E-state index contributed by atoms with van der Waals surface area (Å²) in [7, 11) is -3.89. The Balaban J connectivity index is 0.972. The van der Waals surface area contributed by atoms with Gasteiger partial charge in [-0.3, -0.25) is 18.4 Å². The number of esters is 1. The zero-order valence-electron chi connectivity index (χ0n) is 31.8. The SMILES string of the molecule is C[C@H](CCC(=O)OCc1ccccc1)[C@H]1CC[C@H]2[C@@H]3[C@@H](O)C[C@@H]4C[C@H](OP(=O)(OCc5ccccc5)OCc5ccccc5)CC[C@]4(C)[C@H]3CC[C@]12C. The van der Waals surface area contributed by atoms with E-state index in [0.29, 0.717) is 36.7 Å². The van der Waals surface area contributed by atoms with Crippen molar-refractivity contribution in [1.29, 1.82) is 0 Å². The van der Waals surface area contributed by atoms with Crippen LogP contribution in [-0.4, -0.2) is 23.3 Å². The van der Waals surface area contributed by atoms with Crippen LogP contribution >= 0.6 is 7.82 Å². The number of hydrogen-bond donors (Lipinski definition) is 1. The number of hydrogen-bond acceptors (Lipinski definition) is 7. The minimum atomic E-state index is -3.89. The Morgan fingerprint density at radius 1 is 0.755 bits per heavy atom. The number of carbonyl (C=O) groups is 1. The zero-order valence-corrected chi connectivity index (χ0v) is 32.7. The molecular weight excluding hydrogens is 683 g/mol. The molecule has 8 heteroatoms. The fourth-order valence-electron chi connectivity index (χ4n) is 11.3. The van der Waals surface area contributed by atoms with Crippen molar-refractivity contribution in [3.63, 3.8) is 0 Å². The van der Waals surface area contributed by atoms with Gasteiger partial charge in [-0.2, -0.15) is 0 Å². The number of fused-ring (bicyclic) bond motifs is 5. The Morgan fingerprint density at radius 2 is 1.30 bits per heavy atom. The third-order valence-electron chi connectivity index (χ3n) is 14.2. The molecule has 0 saturated heterocycles. The van der Waals surface area contributed by atoms with Gasteiger partial charge in [0.15, 0.2) is 0 Å². The molecular formula is C45H59O7P. The summed E-state index contributed by atoms with van der Waals surface area (Å²) in [6.07, 6.45) is 8.51. The van der Waals surface area contributed by atoms with Crippen molar-refractivity contribution in [3.05, 3.63) is 108 Å². The van der Waals surface area contributed by atoms with E-state index in [-0.39, 0.29) is 54.1 Å². The van der Waals surface area contributed by atoms with Crippen molar-refractivity contribution in [2.75, 3.05) is 0 Å². The highest BCUT2D eigenvalue weighted by Gasteiger charge is 2.63. The van der Waals surface area contributed by atoms with Crippen LogP contribution in [-0.2, 0) is 47.5 Å². The number of aliphatic hydroxyl groups is 1. The molecule has 1 N–H and O–H groups in total. The molecule has 0 aromatic heterocycles. The quantitative estimate of drug-likeness (QED) is 0.130. The largest absolute Gasteiger partial charge is 0.475 e. The molecule has 0 heterocycles. The van der Waals surface area contributed by atoms with Crippen molar-refractivity contribution in [2.45, 2.75) is 117 Å². The second kappa shape index (κ2) is 16.5. The van der Waals surface area contributed by atoms with Gasteiger partial charge in [-0.15, -0.1) is 0 Å². The van der Waals surface area contributed by atoms with E-state index in [4.69, 9.17) is 18.3 Å². The maximum atomic E-state index is 14.2. The number of carbonyl (C=O) groups excluding carboxylic acids is 1.